The molecule has 4 nitrogen and oxygen atoms in total. The van der Waals surface area contributed by atoms with Gasteiger partial charge in [0.25, 0.3) is 0 Å². The molecule has 1 aromatic carbocycles. The molecular formula is C29H39ClO4S. The van der Waals surface area contributed by atoms with Gasteiger partial charge in [0.15, 0.2) is 0 Å². The minimum absolute atomic E-state index is 0.0554. The highest BCUT2D eigenvalue weighted by Gasteiger charge is 2.41. The van der Waals surface area contributed by atoms with E-state index < -0.39 is 11.0 Å². The average molecular weight is 519 g/mol. The summed E-state index contributed by atoms with van der Waals surface area (Å²) in [5.41, 5.74) is 1.17. The molecule has 0 radical (unpaired) electrons. The van der Waals surface area contributed by atoms with Gasteiger partial charge in [-0.2, -0.15) is 0 Å². The molecule has 0 saturated heterocycles. The van der Waals surface area contributed by atoms with Crippen molar-refractivity contribution in [3.63, 3.8) is 0 Å². The number of unbranched alkanes of at least 4 members (excludes halogenated alkanes) is 1. The molecule has 0 spiro atoms. The molecule has 35 heavy (non-hydrogen) atoms. The lowest BCUT2D eigenvalue weighted by Crippen LogP contribution is -2.21. The van der Waals surface area contributed by atoms with Crippen LogP contribution in [0.4, 0.5) is 0 Å². The third-order valence-electron chi connectivity index (χ3n) is 7.42. The van der Waals surface area contributed by atoms with Crippen molar-refractivity contribution in [2.45, 2.75) is 74.7 Å². The number of ketones is 1. The zero-order valence-electron chi connectivity index (χ0n) is 21.1. The predicted octanol–water partition coefficient (Wildman–Crippen LogP) is 6.69. The first-order valence-corrected chi connectivity index (χ1v) is 14.1. The summed E-state index contributed by atoms with van der Waals surface area (Å²) in [5.74, 6) is 1.71. The van der Waals surface area contributed by atoms with Gasteiger partial charge in [-0.25, -0.2) is 0 Å². The molecule has 1 aliphatic heterocycles. The van der Waals surface area contributed by atoms with Gasteiger partial charge in [0.2, 0.25) is 0 Å². The molecule has 2 aliphatic rings. The summed E-state index contributed by atoms with van der Waals surface area (Å²) in [5, 5.41) is 10.8. The molecule has 3 rings (SSSR count). The molecule has 192 valence electrons. The number of hydrogen-bond donors (Lipinski definition) is 1. The zero-order chi connectivity index (χ0) is 25.4. The minimum Gasteiger partial charge on any atom is -0.469 e. The Labute approximate surface area is 219 Å². The SMILES string of the molecule is COC(=O)CCCC=CC[C@H]1C(=O)C[C@@H](C(C)C)[C@@H]1C=CC(O)CCC1(Cl)CSc2ccccc21. The quantitative estimate of drug-likeness (QED) is 0.144. The van der Waals surface area contributed by atoms with Crippen LogP contribution in [0, 0.1) is 23.7 Å². The largest absolute Gasteiger partial charge is 0.469 e. The molecule has 1 N–H and O–H groups in total. The number of Topliss-reactive ketones (excluding diaryl/α,β-unsaturated/α-hetero) is 1. The van der Waals surface area contributed by atoms with Crippen LogP contribution in [-0.2, 0) is 19.2 Å². The van der Waals surface area contributed by atoms with Crippen LogP contribution in [0.3, 0.4) is 0 Å². The molecule has 6 heteroatoms. The number of hydrogen-bond acceptors (Lipinski definition) is 5. The van der Waals surface area contributed by atoms with E-state index in [0.717, 1.165) is 18.6 Å². The number of benzene rings is 1. The van der Waals surface area contributed by atoms with Crippen LogP contribution in [0.1, 0.15) is 64.4 Å². The first-order chi connectivity index (χ1) is 16.7. The third kappa shape index (κ3) is 7.47. The maximum absolute atomic E-state index is 12.8. The van der Waals surface area contributed by atoms with E-state index in [9.17, 15) is 14.7 Å². The lowest BCUT2D eigenvalue weighted by molar-refractivity contribution is -0.140. The number of rotatable bonds is 12. The first-order valence-electron chi connectivity index (χ1n) is 12.8. The van der Waals surface area contributed by atoms with Gasteiger partial charge in [0, 0.05) is 29.4 Å². The Morgan fingerprint density at radius 1 is 1.31 bits per heavy atom. The summed E-state index contributed by atoms with van der Waals surface area (Å²) >= 11 is 8.75. The van der Waals surface area contributed by atoms with Gasteiger partial charge in [0.05, 0.1) is 18.1 Å². The van der Waals surface area contributed by atoms with E-state index in [1.807, 2.05) is 18.2 Å². The Morgan fingerprint density at radius 2 is 2.09 bits per heavy atom. The Hall–Kier alpha value is -1.56. The summed E-state index contributed by atoms with van der Waals surface area (Å²) in [7, 11) is 1.40. The summed E-state index contributed by atoms with van der Waals surface area (Å²) in [6.07, 6.45) is 12.1. The van der Waals surface area contributed by atoms with Crippen molar-refractivity contribution in [3.05, 3.63) is 54.1 Å². The smallest absolute Gasteiger partial charge is 0.305 e. The number of methoxy groups -OCH3 is 1. The topological polar surface area (TPSA) is 63.6 Å². The van der Waals surface area contributed by atoms with Crippen LogP contribution in [0.5, 0.6) is 0 Å². The third-order valence-corrected chi connectivity index (χ3v) is 9.41. The molecule has 0 aromatic heterocycles. The van der Waals surface area contributed by atoms with Crippen LogP contribution in [0.25, 0.3) is 0 Å². The maximum atomic E-state index is 12.8. The first kappa shape index (κ1) is 28.0. The number of ether oxygens (including phenoxy) is 1. The number of carbonyl (C=O) groups excluding carboxylic acids is 2. The molecule has 1 aliphatic carbocycles. The van der Waals surface area contributed by atoms with Crippen molar-refractivity contribution in [2.75, 3.05) is 12.9 Å². The number of allylic oxidation sites excluding steroid dienone is 3. The Morgan fingerprint density at radius 3 is 2.83 bits per heavy atom. The molecule has 1 aromatic rings. The normalized spacial score (nSPS) is 27.3. The van der Waals surface area contributed by atoms with Crippen molar-refractivity contribution in [2.24, 2.45) is 23.7 Å². The molecule has 0 amide bonds. The summed E-state index contributed by atoms with van der Waals surface area (Å²) in [6.45, 7) is 4.35. The van der Waals surface area contributed by atoms with Crippen LogP contribution >= 0.6 is 23.4 Å². The fourth-order valence-corrected chi connectivity index (χ4v) is 7.05. The van der Waals surface area contributed by atoms with Crippen molar-refractivity contribution in [1.29, 1.82) is 0 Å². The monoisotopic (exact) mass is 518 g/mol. The fourth-order valence-electron chi connectivity index (χ4n) is 5.27. The molecular weight excluding hydrogens is 480 g/mol. The highest BCUT2D eigenvalue weighted by molar-refractivity contribution is 7.99. The molecule has 2 unspecified atom stereocenters. The second-order valence-electron chi connectivity index (χ2n) is 10.2. The van der Waals surface area contributed by atoms with Crippen molar-refractivity contribution < 1.29 is 19.4 Å². The number of aliphatic hydroxyl groups is 1. The second kappa shape index (κ2) is 13.1. The number of carbonyl (C=O) groups is 2. The van der Waals surface area contributed by atoms with Gasteiger partial charge in [-0.15, -0.1) is 23.4 Å². The van der Waals surface area contributed by atoms with Gasteiger partial charge in [-0.05, 0) is 61.5 Å². The Balaban J connectivity index is 1.56. The van der Waals surface area contributed by atoms with E-state index in [-0.39, 0.29) is 17.8 Å². The molecule has 0 bridgehead atoms. The highest BCUT2D eigenvalue weighted by Crippen LogP contribution is 2.49. The van der Waals surface area contributed by atoms with E-state index in [0.29, 0.717) is 49.7 Å². The standard InChI is InChI=1S/C29H39ClO4S/c1-20(2)24-18-26(32)23(10-6-4-5-7-13-28(33)34-3)22(24)15-14-21(31)16-17-29(30)19-35-27-12-9-8-11-25(27)29/h4,6,8-9,11-12,14-15,20-24,31H,5,7,10,13,16-19H2,1-3H3/t21?,22-,23-,24+,29?/m1/s1. The number of aliphatic hydroxyl groups excluding tert-OH is 1. The highest BCUT2D eigenvalue weighted by atomic mass is 35.5. The zero-order valence-corrected chi connectivity index (χ0v) is 22.7. The molecule has 1 fully saturated rings. The molecule has 1 heterocycles. The van der Waals surface area contributed by atoms with E-state index in [1.165, 1.54) is 17.6 Å². The van der Waals surface area contributed by atoms with Gasteiger partial charge in [-0.3, -0.25) is 9.59 Å². The summed E-state index contributed by atoms with van der Waals surface area (Å²) < 4.78 is 4.67. The number of fused-ring (bicyclic) bond motifs is 1. The molecule has 1 saturated carbocycles. The van der Waals surface area contributed by atoms with Crippen LogP contribution in [0.2, 0.25) is 0 Å². The number of halogens is 1. The van der Waals surface area contributed by atoms with Crippen LogP contribution < -0.4 is 0 Å². The Kier molecular flexibility index (Phi) is 10.5. The van der Waals surface area contributed by atoms with Gasteiger partial charge >= 0.3 is 5.97 Å². The van der Waals surface area contributed by atoms with Crippen molar-refractivity contribution in [1.82, 2.24) is 0 Å². The predicted molar refractivity (Wildman–Crippen MR) is 144 cm³/mol. The average Bonchev–Trinajstić information content (AvgIpc) is 3.35. The van der Waals surface area contributed by atoms with E-state index in [1.54, 1.807) is 11.8 Å². The molecule has 5 atom stereocenters. The maximum Gasteiger partial charge on any atom is 0.305 e. The second-order valence-corrected chi connectivity index (χ2v) is 11.9. The lowest BCUT2D eigenvalue weighted by Gasteiger charge is -2.24. The van der Waals surface area contributed by atoms with Gasteiger partial charge in [-0.1, -0.05) is 56.4 Å². The van der Waals surface area contributed by atoms with Crippen molar-refractivity contribution in [3.8, 4) is 0 Å². The van der Waals surface area contributed by atoms with E-state index in [4.69, 9.17) is 11.6 Å². The van der Waals surface area contributed by atoms with Crippen LogP contribution in [0.15, 0.2) is 53.5 Å². The van der Waals surface area contributed by atoms with Crippen molar-refractivity contribution >= 4 is 35.1 Å². The summed E-state index contributed by atoms with van der Waals surface area (Å²) in [4.78, 5) is 24.9. The summed E-state index contributed by atoms with van der Waals surface area (Å²) in [6, 6.07) is 8.26. The van der Waals surface area contributed by atoms with Gasteiger partial charge < -0.3 is 9.84 Å². The number of thioether (sulfide) groups is 1. The Bertz CT molecular complexity index is 927. The van der Waals surface area contributed by atoms with E-state index in [2.05, 4.69) is 48.9 Å². The number of alkyl halides is 1. The fraction of sp³-hybridized carbons (Fsp3) is 0.586. The lowest BCUT2D eigenvalue weighted by atomic mass is 9.81. The van der Waals surface area contributed by atoms with Crippen LogP contribution in [-0.4, -0.2) is 35.8 Å². The van der Waals surface area contributed by atoms with E-state index >= 15 is 0 Å². The van der Waals surface area contributed by atoms with Gasteiger partial charge in [0.1, 0.15) is 5.78 Å². The number of esters is 1. The minimum atomic E-state index is -0.582.